The molecule has 0 radical (unpaired) electrons. The quantitative estimate of drug-likeness (QED) is 0.683. The highest BCUT2D eigenvalue weighted by molar-refractivity contribution is 5.92. The lowest BCUT2D eigenvalue weighted by atomic mass is 10.1. The van der Waals surface area contributed by atoms with Crippen molar-refractivity contribution in [1.29, 1.82) is 0 Å². The van der Waals surface area contributed by atoms with Crippen molar-refractivity contribution < 1.29 is 19.1 Å². The van der Waals surface area contributed by atoms with Gasteiger partial charge in [-0.25, -0.2) is 0 Å². The number of ether oxygens (including phenoxy) is 2. The number of methoxy groups -OCH3 is 2. The van der Waals surface area contributed by atoms with Crippen molar-refractivity contribution in [3.8, 4) is 11.5 Å². The maximum atomic E-state index is 12.2. The van der Waals surface area contributed by atoms with Gasteiger partial charge in [-0.15, -0.1) is 0 Å². The van der Waals surface area contributed by atoms with E-state index >= 15 is 0 Å². The molecule has 0 aliphatic heterocycles. The first-order valence-corrected chi connectivity index (χ1v) is 9.34. The third kappa shape index (κ3) is 6.30. The lowest BCUT2D eigenvalue weighted by molar-refractivity contribution is -0.121. The molecule has 6 heteroatoms. The lowest BCUT2D eigenvalue weighted by Crippen LogP contribution is -2.28. The molecule has 2 aromatic rings. The minimum atomic E-state index is -0.0457. The number of amides is 2. The van der Waals surface area contributed by atoms with E-state index in [1.54, 1.807) is 26.2 Å². The summed E-state index contributed by atoms with van der Waals surface area (Å²) in [5, 5.41) is 2.90. The number of hydrogen-bond donors (Lipinski definition) is 1. The van der Waals surface area contributed by atoms with Crippen LogP contribution in [0.4, 0.5) is 5.69 Å². The van der Waals surface area contributed by atoms with Crippen molar-refractivity contribution in [3.63, 3.8) is 0 Å². The molecule has 0 saturated carbocycles. The topological polar surface area (TPSA) is 67.9 Å². The number of benzene rings is 2. The zero-order valence-electron chi connectivity index (χ0n) is 16.7. The molecule has 6 nitrogen and oxygen atoms in total. The van der Waals surface area contributed by atoms with Crippen LogP contribution in [0.5, 0.6) is 11.5 Å². The van der Waals surface area contributed by atoms with Gasteiger partial charge in [-0.05, 0) is 42.7 Å². The maximum absolute atomic E-state index is 12.2. The largest absolute Gasteiger partial charge is 0.493 e. The predicted octanol–water partition coefficient (Wildman–Crippen LogP) is 3.20. The van der Waals surface area contributed by atoms with E-state index < -0.39 is 0 Å². The smallest absolute Gasteiger partial charge is 0.226 e. The van der Waals surface area contributed by atoms with E-state index in [0.29, 0.717) is 43.7 Å². The summed E-state index contributed by atoms with van der Waals surface area (Å²) in [5.74, 6) is 1.31. The molecule has 0 saturated heterocycles. The van der Waals surface area contributed by atoms with Gasteiger partial charge in [0.25, 0.3) is 0 Å². The van der Waals surface area contributed by atoms with Crippen molar-refractivity contribution in [2.24, 2.45) is 0 Å². The Hall–Kier alpha value is -3.02. The first kappa shape index (κ1) is 21.3. The number of carbonyl (C=O) groups excluding carboxylic acids is 2. The Kier molecular flexibility index (Phi) is 8.34. The van der Waals surface area contributed by atoms with Crippen LogP contribution in [0.15, 0.2) is 48.5 Å². The second-order valence-electron chi connectivity index (χ2n) is 6.43. The van der Waals surface area contributed by atoms with Crippen LogP contribution < -0.4 is 19.7 Å². The van der Waals surface area contributed by atoms with Gasteiger partial charge in [-0.2, -0.15) is 0 Å². The number of nitrogens with zero attached hydrogens (tertiary/aromatic N) is 1. The SMILES string of the molecule is COc1ccc(CCNC(=O)CCCC(=O)N(C)c2ccccc2)cc1OC. The number of carbonyl (C=O) groups is 2. The number of nitrogens with one attached hydrogen (secondary N) is 1. The molecular formula is C22H28N2O4. The second-order valence-corrected chi connectivity index (χ2v) is 6.43. The van der Waals surface area contributed by atoms with Crippen LogP contribution in [-0.2, 0) is 16.0 Å². The van der Waals surface area contributed by atoms with E-state index in [2.05, 4.69) is 5.32 Å². The summed E-state index contributed by atoms with van der Waals surface area (Å²) in [4.78, 5) is 25.8. The van der Waals surface area contributed by atoms with E-state index in [1.807, 2.05) is 48.5 Å². The van der Waals surface area contributed by atoms with Crippen LogP contribution in [0.2, 0.25) is 0 Å². The molecule has 1 N–H and O–H groups in total. The van der Waals surface area contributed by atoms with Gasteiger partial charge in [0.2, 0.25) is 11.8 Å². The second kappa shape index (κ2) is 11.0. The molecule has 0 fully saturated rings. The third-order valence-corrected chi connectivity index (χ3v) is 4.50. The molecule has 0 bridgehead atoms. The number of hydrogen-bond acceptors (Lipinski definition) is 4. The van der Waals surface area contributed by atoms with Crippen molar-refractivity contribution >= 4 is 17.5 Å². The average molecular weight is 384 g/mol. The zero-order chi connectivity index (χ0) is 20.4. The van der Waals surface area contributed by atoms with Crippen LogP contribution >= 0.6 is 0 Å². The molecule has 0 aliphatic carbocycles. The van der Waals surface area contributed by atoms with Crippen molar-refractivity contribution in [2.75, 3.05) is 32.7 Å². The molecule has 150 valence electrons. The van der Waals surface area contributed by atoms with Crippen LogP contribution in [0.1, 0.15) is 24.8 Å². The zero-order valence-corrected chi connectivity index (χ0v) is 16.7. The summed E-state index contributed by atoms with van der Waals surface area (Å²) >= 11 is 0. The van der Waals surface area contributed by atoms with Crippen LogP contribution in [0.3, 0.4) is 0 Å². The number of rotatable bonds is 10. The molecule has 2 amide bonds. The molecule has 0 spiro atoms. The van der Waals surface area contributed by atoms with Gasteiger partial charge in [-0.1, -0.05) is 24.3 Å². The van der Waals surface area contributed by atoms with Crippen LogP contribution in [0.25, 0.3) is 0 Å². The first-order valence-electron chi connectivity index (χ1n) is 9.34. The predicted molar refractivity (Wildman–Crippen MR) is 110 cm³/mol. The molecule has 2 aromatic carbocycles. The molecule has 2 rings (SSSR count). The fourth-order valence-electron chi connectivity index (χ4n) is 2.83. The molecule has 0 heterocycles. The Balaban J connectivity index is 1.68. The minimum absolute atomic E-state index is 0.00401. The fraction of sp³-hybridized carbons (Fsp3) is 0.364. The standard InChI is InChI=1S/C22H28N2O4/c1-24(18-8-5-4-6-9-18)22(26)11-7-10-21(25)23-15-14-17-12-13-19(27-2)20(16-17)28-3/h4-6,8-9,12-13,16H,7,10-11,14-15H2,1-3H3,(H,23,25). The number of anilines is 1. The highest BCUT2D eigenvalue weighted by atomic mass is 16.5. The summed E-state index contributed by atoms with van der Waals surface area (Å²) < 4.78 is 10.5. The van der Waals surface area contributed by atoms with E-state index in [-0.39, 0.29) is 11.8 Å². The van der Waals surface area contributed by atoms with Gasteiger partial charge in [0.1, 0.15) is 0 Å². The summed E-state index contributed by atoms with van der Waals surface area (Å²) in [6.45, 7) is 0.534. The molecule has 0 unspecified atom stereocenters. The average Bonchev–Trinajstić information content (AvgIpc) is 2.73. The van der Waals surface area contributed by atoms with E-state index in [1.165, 1.54) is 0 Å². The van der Waals surface area contributed by atoms with Crippen LogP contribution in [0, 0.1) is 0 Å². The Bertz CT molecular complexity index is 777. The molecule has 0 aromatic heterocycles. The first-order chi connectivity index (χ1) is 13.5. The van der Waals surface area contributed by atoms with Gasteiger partial charge in [0.15, 0.2) is 11.5 Å². The van der Waals surface area contributed by atoms with Crippen molar-refractivity contribution in [2.45, 2.75) is 25.7 Å². The summed E-state index contributed by atoms with van der Waals surface area (Å²) in [6, 6.07) is 15.2. The van der Waals surface area contributed by atoms with Gasteiger partial charge >= 0.3 is 0 Å². The highest BCUT2D eigenvalue weighted by Crippen LogP contribution is 2.27. The summed E-state index contributed by atoms with van der Waals surface area (Å²) in [7, 11) is 4.95. The van der Waals surface area contributed by atoms with Gasteiger partial charge in [0, 0.05) is 32.1 Å². The maximum Gasteiger partial charge on any atom is 0.226 e. The third-order valence-electron chi connectivity index (χ3n) is 4.50. The highest BCUT2D eigenvalue weighted by Gasteiger charge is 2.11. The van der Waals surface area contributed by atoms with Gasteiger partial charge in [0.05, 0.1) is 14.2 Å². The van der Waals surface area contributed by atoms with E-state index in [0.717, 1.165) is 11.3 Å². The van der Waals surface area contributed by atoms with Gasteiger partial charge in [-0.3, -0.25) is 9.59 Å². The molecule has 28 heavy (non-hydrogen) atoms. The van der Waals surface area contributed by atoms with Crippen LogP contribution in [-0.4, -0.2) is 39.6 Å². The number of para-hydroxylation sites is 1. The normalized spacial score (nSPS) is 10.2. The van der Waals surface area contributed by atoms with Gasteiger partial charge < -0.3 is 19.7 Å². The van der Waals surface area contributed by atoms with E-state index in [9.17, 15) is 9.59 Å². The van der Waals surface area contributed by atoms with Crippen molar-refractivity contribution in [3.05, 3.63) is 54.1 Å². The Morgan fingerprint density at radius 3 is 2.36 bits per heavy atom. The molecule has 0 atom stereocenters. The lowest BCUT2D eigenvalue weighted by Gasteiger charge is -2.17. The van der Waals surface area contributed by atoms with Crippen molar-refractivity contribution in [1.82, 2.24) is 5.32 Å². The summed E-state index contributed by atoms with van der Waals surface area (Å²) in [6.07, 6.45) is 1.90. The Labute approximate surface area is 166 Å². The Morgan fingerprint density at radius 2 is 1.68 bits per heavy atom. The van der Waals surface area contributed by atoms with E-state index in [4.69, 9.17) is 9.47 Å². The fourth-order valence-corrected chi connectivity index (χ4v) is 2.83. The molecular weight excluding hydrogens is 356 g/mol. The summed E-state index contributed by atoms with van der Waals surface area (Å²) in [5.41, 5.74) is 1.91. The minimum Gasteiger partial charge on any atom is -0.493 e. The molecule has 0 aliphatic rings. The monoisotopic (exact) mass is 384 g/mol. The Morgan fingerprint density at radius 1 is 0.964 bits per heavy atom.